The van der Waals surface area contributed by atoms with Gasteiger partial charge in [0.05, 0.1) is 5.56 Å². The molecule has 2 fully saturated rings. The van der Waals surface area contributed by atoms with Crippen LogP contribution in [0.3, 0.4) is 0 Å². The number of carbonyl (C=O) groups is 2. The summed E-state index contributed by atoms with van der Waals surface area (Å²) in [5.74, 6) is -0.885. The van der Waals surface area contributed by atoms with Crippen LogP contribution in [0.4, 0.5) is 4.79 Å². The van der Waals surface area contributed by atoms with Crippen LogP contribution in [0, 0.1) is 0 Å². The molecule has 0 aliphatic carbocycles. The van der Waals surface area contributed by atoms with Crippen LogP contribution in [0.2, 0.25) is 5.15 Å². The number of aromatic nitrogens is 1. The molecule has 1 N–H and O–H groups in total. The lowest BCUT2D eigenvalue weighted by Gasteiger charge is -2.39. The van der Waals surface area contributed by atoms with Crippen LogP contribution in [0.25, 0.3) is 0 Å². The van der Waals surface area contributed by atoms with Gasteiger partial charge in [0.15, 0.2) is 0 Å². The minimum atomic E-state index is -1.08. The van der Waals surface area contributed by atoms with E-state index in [2.05, 4.69) is 4.98 Å². The Labute approximate surface area is 157 Å². The number of carboxylic acid groups (broad SMARTS) is 1. The van der Waals surface area contributed by atoms with E-state index in [0.717, 1.165) is 12.8 Å². The first-order chi connectivity index (χ1) is 12.1. The van der Waals surface area contributed by atoms with Crippen molar-refractivity contribution in [1.82, 2.24) is 9.88 Å². The lowest BCUT2D eigenvalue weighted by atomic mass is 10.0. The second-order valence-corrected chi connectivity index (χ2v) is 8.19. The van der Waals surface area contributed by atoms with Crippen LogP contribution in [0.1, 0.15) is 56.8 Å². The second kappa shape index (κ2) is 6.95. The van der Waals surface area contributed by atoms with Crippen LogP contribution in [0.15, 0.2) is 12.1 Å². The topological polar surface area (TPSA) is 89.0 Å². The van der Waals surface area contributed by atoms with E-state index in [1.165, 1.54) is 12.1 Å². The lowest BCUT2D eigenvalue weighted by Crippen LogP contribution is -2.50. The number of fused-ring (bicyclic) bond motifs is 2. The quantitative estimate of drug-likeness (QED) is 0.801. The lowest BCUT2D eigenvalue weighted by molar-refractivity contribution is -0.00764. The SMILES string of the molecule is CC(C)(C)OC(=O)N1[C@@H]2CC[C@H]1C[C@@H](Oc1cc(C(=O)O)cc(Cl)n1)C2. The summed E-state index contributed by atoms with van der Waals surface area (Å²) in [7, 11) is 0. The summed E-state index contributed by atoms with van der Waals surface area (Å²) in [5, 5.41) is 9.20. The second-order valence-electron chi connectivity index (χ2n) is 7.81. The number of hydrogen-bond acceptors (Lipinski definition) is 5. The highest BCUT2D eigenvalue weighted by Crippen LogP contribution is 2.38. The highest BCUT2D eigenvalue weighted by molar-refractivity contribution is 6.29. The van der Waals surface area contributed by atoms with E-state index in [9.17, 15) is 9.59 Å². The Balaban J connectivity index is 1.68. The molecule has 8 heteroatoms. The molecule has 0 radical (unpaired) electrons. The van der Waals surface area contributed by atoms with Gasteiger partial charge in [-0.3, -0.25) is 0 Å². The van der Waals surface area contributed by atoms with Gasteiger partial charge in [0.1, 0.15) is 16.9 Å². The number of halogens is 1. The van der Waals surface area contributed by atoms with Crippen molar-refractivity contribution in [3.8, 4) is 5.88 Å². The monoisotopic (exact) mass is 382 g/mol. The first-order valence-corrected chi connectivity index (χ1v) is 9.09. The van der Waals surface area contributed by atoms with Crippen LogP contribution in [-0.2, 0) is 4.74 Å². The predicted octanol–water partition coefficient (Wildman–Crippen LogP) is 3.74. The minimum Gasteiger partial charge on any atom is -0.478 e. The molecule has 3 rings (SSSR count). The van der Waals surface area contributed by atoms with Crippen LogP contribution in [-0.4, -0.2) is 50.8 Å². The standard InChI is InChI=1S/C18H23ClN2O5/c1-18(2,3)26-17(24)21-11-4-5-12(21)9-13(8-11)25-15-7-10(16(22)23)6-14(19)20-15/h6-7,11-13H,4-5,8-9H2,1-3H3,(H,22,23)/t11-,12+,13+. The summed E-state index contributed by atoms with van der Waals surface area (Å²) in [6.45, 7) is 5.56. The average Bonchev–Trinajstić information content (AvgIpc) is 2.76. The van der Waals surface area contributed by atoms with Crippen molar-refractivity contribution in [3.63, 3.8) is 0 Å². The number of amides is 1. The molecule has 0 unspecified atom stereocenters. The molecule has 2 aliphatic heterocycles. The zero-order valence-corrected chi connectivity index (χ0v) is 15.8. The van der Waals surface area contributed by atoms with Gasteiger partial charge >= 0.3 is 12.1 Å². The number of piperidine rings is 1. The summed E-state index contributed by atoms with van der Waals surface area (Å²) in [4.78, 5) is 29.5. The third-order valence-corrected chi connectivity index (χ3v) is 4.79. The predicted molar refractivity (Wildman–Crippen MR) is 94.7 cm³/mol. The van der Waals surface area contributed by atoms with Crippen molar-refractivity contribution in [2.24, 2.45) is 0 Å². The summed E-state index contributed by atoms with van der Waals surface area (Å²) in [6, 6.07) is 2.78. The van der Waals surface area contributed by atoms with Gasteiger partial charge in [-0.25, -0.2) is 14.6 Å². The largest absolute Gasteiger partial charge is 0.478 e. The highest BCUT2D eigenvalue weighted by atomic mass is 35.5. The Kier molecular flexibility index (Phi) is 5.01. The van der Waals surface area contributed by atoms with E-state index in [1.807, 2.05) is 25.7 Å². The van der Waals surface area contributed by atoms with Crippen molar-refractivity contribution in [2.75, 3.05) is 0 Å². The highest BCUT2D eigenvalue weighted by Gasteiger charge is 2.45. The molecule has 0 spiro atoms. The number of aromatic carboxylic acids is 1. The Morgan fingerprint density at radius 3 is 2.38 bits per heavy atom. The summed E-state index contributed by atoms with van der Waals surface area (Å²) in [6.07, 6.45) is 2.72. The molecule has 2 saturated heterocycles. The Hall–Kier alpha value is -2.02. The number of hydrogen-bond donors (Lipinski definition) is 1. The molecule has 2 aliphatic rings. The number of nitrogens with zero attached hydrogens (tertiary/aromatic N) is 2. The van der Waals surface area contributed by atoms with Crippen LogP contribution in [0.5, 0.6) is 5.88 Å². The first kappa shape index (κ1) is 18.8. The molecule has 0 saturated carbocycles. The number of pyridine rings is 1. The Bertz CT molecular complexity index is 704. The van der Waals surface area contributed by atoms with E-state index in [4.69, 9.17) is 26.2 Å². The third-order valence-electron chi connectivity index (χ3n) is 4.60. The molecule has 26 heavy (non-hydrogen) atoms. The van der Waals surface area contributed by atoms with Gasteiger partial charge in [0.25, 0.3) is 0 Å². The van der Waals surface area contributed by atoms with Crippen molar-refractivity contribution in [3.05, 3.63) is 22.8 Å². The number of carboxylic acids is 1. The molecule has 7 nitrogen and oxygen atoms in total. The molecule has 1 aromatic heterocycles. The smallest absolute Gasteiger partial charge is 0.410 e. The number of rotatable bonds is 3. The minimum absolute atomic E-state index is 0.0363. The van der Waals surface area contributed by atoms with Gasteiger partial charge in [-0.15, -0.1) is 0 Å². The zero-order chi connectivity index (χ0) is 19.1. The Morgan fingerprint density at radius 1 is 1.23 bits per heavy atom. The van der Waals surface area contributed by atoms with E-state index >= 15 is 0 Å². The third kappa shape index (κ3) is 4.20. The van der Waals surface area contributed by atoms with E-state index in [-0.39, 0.29) is 40.9 Å². The first-order valence-electron chi connectivity index (χ1n) is 8.71. The summed E-state index contributed by atoms with van der Waals surface area (Å²) in [5.41, 5.74) is -0.490. The number of ether oxygens (including phenoxy) is 2. The van der Waals surface area contributed by atoms with E-state index in [0.29, 0.717) is 12.8 Å². The molecule has 0 aromatic carbocycles. The normalized spacial score (nSPS) is 25.1. The molecule has 1 amide bonds. The van der Waals surface area contributed by atoms with Gasteiger partial charge in [-0.2, -0.15) is 0 Å². The van der Waals surface area contributed by atoms with Gasteiger partial charge in [0.2, 0.25) is 5.88 Å². The van der Waals surface area contributed by atoms with Gasteiger partial charge in [-0.05, 0) is 39.7 Å². The fourth-order valence-electron chi connectivity index (χ4n) is 3.66. The summed E-state index contributed by atoms with van der Waals surface area (Å²) >= 11 is 5.88. The fraction of sp³-hybridized carbons (Fsp3) is 0.611. The molecular formula is C18H23ClN2O5. The van der Waals surface area contributed by atoms with E-state index in [1.54, 1.807) is 0 Å². The zero-order valence-electron chi connectivity index (χ0n) is 15.1. The van der Waals surface area contributed by atoms with Gasteiger partial charge in [0, 0.05) is 31.0 Å². The maximum absolute atomic E-state index is 12.5. The molecule has 3 heterocycles. The fourth-order valence-corrected chi connectivity index (χ4v) is 3.86. The molecule has 142 valence electrons. The van der Waals surface area contributed by atoms with Gasteiger partial charge in [-0.1, -0.05) is 11.6 Å². The molecule has 1 aromatic rings. The van der Waals surface area contributed by atoms with Crippen molar-refractivity contribution in [2.45, 2.75) is 70.2 Å². The van der Waals surface area contributed by atoms with Crippen molar-refractivity contribution in [1.29, 1.82) is 0 Å². The molecule has 2 bridgehead atoms. The van der Waals surface area contributed by atoms with Crippen LogP contribution >= 0.6 is 11.6 Å². The average molecular weight is 383 g/mol. The molecular weight excluding hydrogens is 360 g/mol. The van der Waals surface area contributed by atoms with E-state index < -0.39 is 11.6 Å². The summed E-state index contributed by atoms with van der Waals surface area (Å²) < 4.78 is 11.4. The van der Waals surface area contributed by atoms with Crippen LogP contribution < -0.4 is 4.74 Å². The van der Waals surface area contributed by atoms with Crippen molar-refractivity contribution >= 4 is 23.7 Å². The number of carbonyl (C=O) groups excluding carboxylic acids is 1. The van der Waals surface area contributed by atoms with Crippen molar-refractivity contribution < 1.29 is 24.2 Å². The maximum atomic E-state index is 12.5. The molecule has 3 atom stereocenters. The van der Waals surface area contributed by atoms with Gasteiger partial charge < -0.3 is 19.5 Å². The maximum Gasteiger partial charge on any atom is 0.410 e. The Morgan fingerprint density at radius 2 is 1.85 bits per heavy atom.